The van der Waals surface area contributed by atoms with E-state index in [2.05, 4.69) is 13.8 Å². The van der Waals surface area contributed by atoms with E-state index in [-0.39, 0.29) is 6.10 Å². The van der Waals surface area contributed by atoms with Crippen LogP contribution in [0.25, 0.3) is 0 Å². The van der Waals surface area contributed by atoms with Crippen LogP contribution in [0.4, 0.5) is 0 Å². The van der Waals surface area contributed by atoms with Gasteiger partial charge in [0, 0.05) is 12.5 Å². The molecule has 0 aromatic carbocycles. The minimum atomic E-state index is -0.659. The summed E-state index contributed by atoms with van der Waals surface area (Å²) in [4.78, 5) is 10.2. The van der Waals surface area contributed by atoms with Gasteiger partial charge in [0.2, 0.25) is 0 Å². The van der Waals surface area contributed by atoms with Crippen LogP contribution in [0.15, 0.2) is 0 Å². The van der Waals surface area contributed by atoms with Crippen molar-refractivity contribution >= 4 is 5.97 Å². The number of unbranched alkanes of at least 4 members (excludes halogenated alkanes) is 15. The first-order chi connectivity index (χ1) is 13.9. The van der Waals surface area contributed by atoms with E-state index in [1.807, 2.05) is 0 Å². The van der Waals surface area contributed by atoms with Gasteiger partial charge in [0.1, 0.15) is 0 Å². The fourth-order valence-corrected chi connectivity index (χ4v) is 2.87. The zero-order chi connectivity index (χ0) is 22.6. The average molecular weight is 418 g/mol. The molecule has 0 heterocycles. The maximum absolute atomic E-state index is 10.2. The summed E-state index contributed by atoms with van der Waals surface area (Å²) in [5.41, 5.74) is 5.39. The molecule has 0 aliphatic rings. The Morgan fingerprint density at radius 3 is 1.21 bits per heavy atom. The molecule has 4 N–H and O–H groups in total. The quantitative estimate of drug-likeness (QED) is 0.202. The highest BCUT2D eigenvalue weighted by molar-refractivity contribution is 5.66. The first-order valence-corrected chi connectivity index (χ1v) is 12.5. The van der Waals surface area contributed by atoms with Gasteiger partial charge in [-0.3, -0.25) is 4.79 Å². The lowest BCUT2D eigenvalue weighted by Crippen LogP contribution is -1.97. The lowest BCUT2D eigenvalue weighted by molar-refractivity contribution is -0.137. The summed E-state index contributed by atoms with van der Waals surface area (Å²) in [6.07, 6.45) is 22.3. The second kappa shape index (κ2) is 32.1. The second-order valence-electron chi connectivity index (χ2n) is 8.33. The zero-order valence-electron chi connectivity index (χ0n) is 20.4. The average Bonchev–Trinajstić information content (AvgIpc) is 2.66. The Hall–Kier alpha value is -0.610. The Morgan fingerprint density at radius 1 is 0.655 bits per heavy atom. The second-order valence-corrected chi connectivity index (χ2v) is 8.33. The first-order valence-electron chi connectivity index (χ1n) is 12.5. The lowest BCUT2D eigenvalue weighted by Gasteiger charge is -2.00. The largest absolute Gasteiger partial charge is 0.481 e. The fraction of sp³-hybridized carbons (Fsp3) is 0.960. The van der Waals surface area contributed by atoms with E-state index < -0.39 is 5.97 Å². The third kappa shape index (κ3) is 52.2. The van der Waals surface area contributed by atoms with E-state index in [9.17, 15) is 4.79 Å². The lowest BCUT2D eigenvalue weighted by atomic mass is 10.1. The molecular formula is C25H55NO3. The van der Waals surface area contributed by atoms with Crippen LogP contribution in [0.2, 0.25) is 0 Å². The summed E-state index contributed by atoms with van der Waals surface area (Å²) in [7, 11) is 0. The minimum absolute atomic E-state index is 0.167. The molecule has 0 spiro atoms. The molecule has 0 amide bonds. The van der Waals surface area contributed by atoms with Crippen molar-refractivity contribution < 1.29 is 15.0 Å². The maximum Gasteiger partial charge on any atom is 0.303 e. The molecule has 0 unspecified atom stereocenters. The van der Waals surface area contributed by atoms with Gasteiger partial charge >= 0.3 is 5.97 Å². The number of hydrogen-bond donors (Lipinski definition) is 3. The predicted molar refractivity (Wildman–Crippen MR) is 128 cm³/mol. The molecular weight excluding hydrogens is 362 g/mol. The number of hydrogen-bond acceptors (Lipinski definition) is 3. The minimum Gasteiger partial charge on any atom is -0.481 e. The van der Waals surface area contributed by atoms with Crippen molar-refractivity contribution in [1.82, 2.24) is 0 Å². The molecule has 0 fully saturated rings. The number of carboxylic acids is 1. The number of aliphatic hydroxyl groups excluding tert-OH is 1. The van der Waals surface area contributed by atoms with Gasteiger partial charge in [0.25, 0.3) is 0 Å². The van der Waals surface area contributed by atoms with Crippen molar-refractivity contribution in [3.8, 4) is 0 Å². The molecule has 0 saturated heterocycles. The molecule has 0 aliphatic heterocycles. The third-order valence-electron chi connectivity index (χ3n) is 4.55. The molecule has 29 heavy (non-hydrogen) atoms. The van der Waals surface area contributed by atoms with E-state index in [0.29, 0.717) is 6.42 Å². The molecule has 0 radical (unpaired) electrons. The maximum atomic E-state index is 10.2. The Kier molecular flexibility index (Phi) is 36.5. The summed E-state index contributed by atoms with van der Waals surface area (Å²) < 4.78 is 0. The number of nitrogens with two attached hydrogens (primary N) is 1. The molecule has 0 aliphatic carbocycles. The van der Waals surface area contributed by atoms with Crippen LogP contribution in [0.1, 0.15) is 143 Å². The van der Waals surface area contributed by atoms with E-state index in [0.717, 1.165) is 19.4 Å². The topological polar surface area (TPSA) is 83.5 Å². The van der Waals surface area contributed by atoms with E-state index in [1.54, 1.807) is 13.8 Å². The van der Waals surface area contributed by atoms with Crippen LogP contribution in [0.3, 0.4) is 0 Å². The van der Waals surface area contributed by atoms with Crippen molar-refractivity contribution in [2.75, 3.05) is 6.54 Å². The highest BCUT2D eigenvalue weighted by Crippen LogP contribution is 2.10. The van der Waals surface area contributed by atoms with Crippen molar-refractivity contribution in [2.45, 2.75) is 149 Å². The monoisotopic (exact) mass is 417 g/mol. The van der Waals surface area contributed by atoms with Crippen LogP contribution in [-0.4, -0.2) is 28.8 Å². The van der Waals surface area contributed by atoms with Gasteiger partial charge in [0.05, 0.1) is 0 Å². The molecule has 0 saturated carbocycles. The standard InChI is InChI=1S/C12H24O2.C10H23N.C3H8O/c1-2-3-4-5-6-7-8-9-10-11-12(13)14;1-2-3-4-5-6-7-8-9-10-11;1-3(2)4/h2-11H2,1H3,(H,13,14);2-11H2,1H3;3-4H,1-2H3. The number of carbonyl (C=O) groups is 1. The summed E-state index contributed by atoms with van der Waals surface area (Å²) in [6.45, 7) is 8.80. The van der Waals surface area contributed by atoms with E-state index >= 15 is 0 Å². The van der Waals surface area contributed by atoms with Gasteiger partial charge in [-0.05, 0) is 33.2 Å². The first kappa shape index (κ1) is 33.0. The van der Waals surface area contributed by atoms with Crippen molar-refractivity contribution in [1.29, 1.82) is 0 Å². The smallest absolute Gasteiger partial charge is 0.303 e. The number of carboxylic acid groups (broad SMARTS) is 1. The van der Waals surface area contributed by atoms with Gasteiger partial charge in [-0.15, -0.1) is 0 Å². The molecule has 0 aromatic heterocycles. The van der Waals surface area contributed by atoms with Crippen molar-refractivity contribution in [3.63, 3.8) is 0 Å². The third-order valence-corrected chi connectivity index (χ3v) is 4.55. The Bertz CT molecular complexity index is 272. The van der Waals surface area contributed by atoms with Crippen LogP contribution >= 0.6 is 0 Å². The fourth-order valence-electron chi connectivity index (χ4n) is 2.87. The summed E-state index contributed by atoms with van der Waals surface area (Å²) >= 11 is 0. The van der Waals surface area contributed by atoms with Crippen LogP contribution in [0.5, 0.6) is 0 Å². The van der Waals surface area contributed by atoms with Crippen molar-refractivity contribution in [2.24, 2.45) is 5.73 Å². The van der Waals surface area contributed by atoms with E-state index in [4.69, 9.17) is 15.9 Å². The SMILES string of the molecule is CC(C)O.CCCCCCCCCCCC(=O)O.CCCCCCCCCCN. The molecule has 4 heteroatoms. The highest BCUT2D eigenvalue weighted by atomic mass is 16.4. The van der Waals surface area contributed by atoms with E-state index in [1.165, 1.54) is 96.3 Å². The van der Waals surface area contributed by atoms with Gasteiger partial charge in [-0.25, -0.2) is 0 Å². The predicted octanol–water partition coefficient (Wildman–Crippen LogP) is 7.46. The van der Waals surface area contributed by atoms with Crippen LogP contribution < -0.4 is 5.73 Å². The summed E-state index contributed by atoms with van der Waals surface area (Å²) in [5, 5.41) is 16.5. The molecule has 178 valence electrons. The Morgan fingerprint density at radius 2 is 0.931 bits per heavy atom. The van der Waals surface area contributed by atoms with Gasteiger partial charge in [0.15, 0.2) is 0 Å². The molecule has 0 rings (SSSR count). The zero-order valence-corrected chi connectivity index (χ0v) is 20.4. The molecule has 0 bridgehead atoms. The van der Waals surface area contributed by atoms with Gasteiger partial charge < -0.3 is 15.9 Å². The molecule has 4 nitrogen and oxygen atoms in total. The molecule has 0 atom stereocenters. The summed E-state index contributed by atoms with van der Waals surface area (Å²) in [6, 6.07) is 0. The Labute approximate surface area is 183 Å². The van der Waals surface area contributed by atoms with Crippen LogP contribution in [-0.2, 0) is 4.79 Å². The molecule has 0 aromatic rings. The van der Waals surface area contributed by atoms with Crippen LogP contribution in [0, 0.1) is 0 Å². The highest BCUT2D eigenvalue weighted by Gasteiger charge is 1.96. The number of aliphatic hydroxyl groups is 1. The number of rotatable bonds is 18. The normalized spacial score (nSPS) is 10.2. The van der Waals surface area contributed by atoms with Gasteiger partial charge in [-0.1, -0.05) is 110 Å². The summed E-state index contributed by atoms with van der Waals surface area (Å²) in [5.74, 6) is -0.659. The number of aliphatic carboxylic acids is 1. The van der Waals surface area contributed by atoms with Gasteiger partial charge in [-0.2, -0.15) is 0 Å². The Balaban J connectivity index is -0.000000401. The van der Waals surface area contributed by atoms with Crippen molar-refractivity contribution in [3.05, 3.63) is 0 Å².